The van der Waals surface area contributed by atoms with Crippen LogP contribution in [0.4, 0.5) is 13.2 Å². The normalized spacial score (nSPS) is 12.3. The molecule has 0 aliphatic heterocycles. The molecule has 1 aromatic rings. The summed E-state index contributed by atoms with van der Waals surface area (Å²) in [5.74, 6) is -2.17. The Morgan fingerprint density at radius 3 is 2.20 bits per heavy atom. The van der Waals surface area contributed by atoms with Gasteiger partial charge >= 0.3 is 12.1 Å². The van der Waals surface area contributed by atoms with Crippen LogP contribution < -0.4 is 0 Å². The zero-order valence-corrected chi connectivity index (χ0v) is 10.9. The van der Waals surface area contributed by atoms with Gasteiger partial charge in [-0.2, -0.15) is 13.2 Å². The minimum absolute atomic E-state index is 0.228. The Morgan fingerprint density at radius 2 is 1.75 bits per heavy atom. The third kappa shape index (κ3) is 5.57. The molecule has 0 atom stereocenters. The van der Waals surface area contributed by atoms with Gasteiger partial charge in [-0.3, -0.25) is 4.79 Å². The molecule has 0 aliphatic rings. The summed E-state index contributed by atoms with van der Waals surface area (Å²) in [7, 11) is -4.00. The van der Waals surface area contributed by atoms with Crippen LogP contribution in [0.2, 0.25) is 0 Å². The molecule has 0 radical (unpaired) electrons. The summed E-state index contributed by atoms with van der Waals surface area (Å²) in [4.78, 5) is 10.2. The lowest BCUT2D eigenvalue weighted by molar-refractivity contribution is -0.169. The predicted octanol–water partition coefficient (Wildman–Crippen LogP) is 1.62. The smallest absolute Gasteiger partial charge is 0.411 e. The van der Waals surface area contributed by atoms with E-state index in [0.29, 0.717) is 5.56 Å². The molecule has 0 saturated heterocycles. The van der Waals surface area contributed by atoms with Crippen molar-refractivity contribution >= 4 is 15.8 Å². The van der Waals surface area contributed by atoms with Gasteiger partial charge in [-0.25, -0.2) is 8.42 Å². The molecule has 0 aliphatic carbocycles. The summed E-state index contributed by atoms with van der Waals surface area (Å²) in [5, 5.41) is 8.54. The van der Waals surface area contributed by atoms with E-state index in [1.165, 1.54) is 12.1 Å². The molecule has 9 heteroatoms. The number of alkyl halides is 3. The maximum Gasteiger partial charge on any atom is 0.411 e. The van der Waals surface area contributed by atoms with Crippen LogP contribution in [0.3, 0.4) is 0 Å². The summed E-state index contributed by atoms with van der Waals surface area (Å²) in [6.07, 6.45) is -4.87. The predicted molar refractivity (Wildman–Crippen MR) is 61.8 cm³/mol. The second kappa shape index (κ2) is 6.23. The quantitative estimate of drug-likeness (QED) is 0.863. The van der Waals surface area contributed by atoms with Crippen LogP contribution in [0, 0.1) is 0 Å². The molecule has 0 bridgehead atoms. The topological polar surface area (TPSA) is 80.7 Å². The second-order valence-electron chi connectivity index (χ2n) is 3.91. The van der Waals surface area contributed by atoms with Gasteiger partial charge in [-0.05, 0) is 17.7 Å². The van der Waals surface area contributed by atoms with Crippen molar-refractivity contribution in [2.75, 3.05) is 12.5 Å². The van der Waals surface area contributed by atoms with E-state index in [-0.39, 0.29) is 11.3 Å². The number of ether oxygens (including phenoxy) is 1. The number of carboxylic acids is 1. The van der Waals surface area contributed by atoms with Gasteiger partial charge in [-0.1, -0.05) is 12.1 Å². The minimum atomic E-state index is -4.60. The van der Waals surface area contributed by atoms with E-state index in [4.69, 9.17) is 5.11 Å². The molecule has 1 N–H and O–H groups in total. The number of halogens is 3. The SMILES string of the molecule is O=C(O)Cc1ccc(S(=O)(=O)COCC(F)(F)F)cc1. The van der Waals surface area contributed by atoms with Crippen molar-refractivity contribution in [1.82, 2.24) is 0 Å². The molecular formula is C11H11F3O5S. The molecule has 1 rings (SSSR count). The molecule has 0 amide bonds. The van der Waals surface area contributed by atoms with Gasteiger partial charge in [0, 0.05) is 0 Å². The highest BCUT2D eigenvalue weighted by Crippen LogP contribution is 2.17. The lowest BCUT2D eigenvalue weighted by Crippen LogP contribution is -2.20. The average molecular weight is 312 g/mol. The molecule has 0 unspecified atom stereocenters. The lowest BCUT2D eigenvalue weighted by Gasteiger charge is -2.08. The average Bonchev–Trinajstić information content (AvgIpc) is 2.26. The molecule has 0 saturated carbocycles. The third-order valence-corrected chi connectivity index (χ3v) is 3.61. The molecule has 0 heterocycles. The van der Waals surface area contributed by atoms with Crippen molar-refractivity contribution in [2.45, 2.75) is 17.5 Å². The van der Waals surface area contributed by atoms with Gasteiger partial charge in [0.25, 0.3) is 0 Å². The number of sulfone groups is 1. The minimum Gasteiger partial charge on any atom is -0.481 e. The number of benzene rings is 1. The number of hydrogen-bond donors (Lipinski definition) is 1. The number of rotatable bonds is 6. The van der Waals surface area contributed by atoms with Crippen molar-refractivity contribution < 1.29 is 36.2 Å². The first-order chi connectivity index (χ1) is 9.10. The summed E-state index contributed by atoms with van der Waals surface area (Å²) in [6.45, 7) is -1.65. The fourth-order valence-electron chi connectivity index (χ4n) is 1.32. The van der Waals surface area contributed by atoms with E-state index in [2.05, 4.69) is 4.74 Å². The van der Waals surface area contributed by atoms with E-state index >= 15 is 0 Å². The Bertz CT molecular complexity index is 563. The molecule has 112 valence electrons. The summed E-state index contributed by atoms with van der Waals surface area (Å²) in [6, 6.07) is 4.82. The highest BCUT2D eigenvalue weighted by Gasteiger charge is 2.28. The van der Waals surface area contributed by atoms with E-state index in [1.807, 2.05) is 0 Å². The number of hydrogen-bond acceptors (Lipinski definition) is 4. The molecule has 5 nitrogen and oxygen atoms in total. The van der Waals surface area contributed by atoms with Gasteiger partial charge in [0.1, 0.15) is 6.61 Å². The fraction of sp³-hybridized carbons (Fsp3) is 0.364. The van der Waals surface area contributed by atoms with Crippen molar-refractivity contribution in [2.24, 2.45) is 0 Å². The van der Waals surface area contributed by atoms with Crippen molar-refractivity contribution in [3.05, 3.63) is 29.8 Å². The van der Waals surface area contributed by atoms with E-state index in [0.717, 1.165) is 12.1 Å². The van der Waals surface area contributed by atoms with Crippen LogP contribution in [0.1, 0.15) is 5.56 Å². The lowest BCUT2D eigenvalue weighted by atomic mass is 10.2. The van der Waals surface area contributed by atoms with Gasteiger partial charge in [-0.15, -0.1) is 0 Å². The maximum atomic E-state index is 11.8. The Balaban J connectivity index is 2.70. The highest BCUT2D eigenvalue weighted by molar-refractivity contribution is 7.91. The summed E-state index contributed by atoms with van der Waals surface area (Å²) in [5.41, 5.74) is 0.382. The molecule has 0 aromatic heterocycles. The van der Waals surface area contributed by atoms with Crippen LogP contribution in [-0.4, -0.2) is 38.2 Å². The molecule has 20 heavy (non-hydrogen) atoms. The Labute approximate surface area is 112 Å². The van der Waals surface area contributed by atoms with Crippen LogP contribution >= 0.6 is 0 Å². The number of carboxylic acid groups (broad SMARTS) is 1. The van der Waals surface area contributed by atoms with Gasteiger partial charge in [0.15, 0.2) is 5.94 Å². The molecule has 1 aromatic carbocycles. The second-order valence-corrected chi connectivity index (χ2v) is 5.85. The first-order valence-corrected chi connectivity index (χ1v) is 6.93. The van der Waals surface area contributed by atoms with Crippen molar-refractivity contribution in [1.29, 1.82) is 0 Å². The molecule has 0 spiro atoms. The number of carbonyl (C=O) groups is 1. The van der Waals surface area contributed by atoms with Crippen LogP contribution in [0.25, 0.3) is 0 Å². The third-order valence-electron chi connectivity index (χ3n) is 2.14. The highest BCUT2D eigenvalue weighted by atomic mass is 32.2. The first kappa shape index (κ1) is 16.4. The van der Waals surface area contributed by atoms with E-state index < -0.39 is 34.5 Å². The zero-order valence-electron chi connectivity index (χ0n) is 10.1. The van der Waals surface area contributed by atoms with E-state index in [1.54, 1.807) is 0 Å². The fourth-order valence-corrected chi connectivity index (χ4v) is 2.31. The van der Waals surface area contributed by atoms with Crippen LogP contribution in [0.15, 0.2) is 29.2 Å². The largest absolute Gasteiger partial charge is 0.481 e. The van der Waals surface area contributed by atoms with Crippen molar-refractivity contribution in [3.8, 4) is 0 Å². The van der Waals surface area contributed by atoms with E-state index in [9.17, 15) is 26.4 Å². The van der Waals surface area contributed by atoms with Crippen molar-refractivity contribution in [3.63, 3.8) is 0 Å². The van der Waals surface area contributed by atoms with Gasteiger partial charge < -0.3 is 9.84 Å². The summed E-state index contributed by atoms with van der Waals surface area (Å²) < 4.78 is 62.9. The zero-order chi connectivity index (χ0) is 15.4. The Kier molecular flexibility index (Phi) is 5.12. The van der Waals surface area contributed by atoms with Crippen LogP contribution in [-0.2, 0) is 25.8 Å². The first-order valence-electron chi connectivity index (χ1n) is 5.28. The standard InChI is InChI=1S/C11H11F3O5S/c12-11(13,14)6-19-7-20(17,18)9-3-1-8(2-4-9)5-10(15)16/h1-4H,5-7H2,(H,15,16). The monoisotopic (exact) mass is 312 g/mol. The molecule has 0 fully saturated rings. The Morgan fingerprint density at radius 1 is 1.20 bits per heavy atom. The summed E-state index contributed by atoms with van der Waals surface area (Å²) >= 11 is 0. The number of aliphatic carboxylic acids is 1. The van der Waals surface area contributed by atoms with Gasteiger partial charge in [0.05, 0.1) is 11.3 Å². The molecular weight excluding hydrogens is 301 g/mol. The maximum absolute atomic E-state index is 11.8. The Hall–Kier alpha value is -1.61. The van der Waals surface area contributed by atoms with Gasteiger partial charge in [0.2, 0.25) is 9.84 Å². The van der Waals surface area contributed by atoms with Crippen LogP contribution in [0.5, 0.6) is 0 Å².